The van der Waals surface area contributed by atoms with Crippen molar-refractivity contribution in [3.8, 4) is 5.75 Å². The summed E-state index contributed by atoms with van der Waals surface area (Å²) in [5, 5.41) is 10.1. The summed E-state index contributed by atoms with van der Waals surface area (Å²) >= 11 is 0. The van der Waals surface area contributed by atoms with E-state index in [9.17, 15) is 14.7 Å². The molecule has 6 nitrogen and oxygen atoms in total. The largest absolute Gasteiger partial charge is 0.494 e. The lowest BCUT2D eigenvalue weighted by atomic mass is 10.1. The Hall–Kier alpha value is -4.06. The van der Waals surface area contributed by atoms with E-state index in [0.29, 0.717) is 28.9 Å². The molecule has 0 unspecified atom stereocenters. The average molecular weight is 471 g/mol. The van der Waals surface area contributed by atoms with Crippen molar-refractivity contribution >= 4 is 28.5 Å². The van der Waals surface area contributed by atoms with Crippen LogP contribution in [0.4, 0.5) is 5.69 Å². The number of aromatic nitrogens is 1. The van der Waals surface area contributed by atoms with Gasteiger partial charge in [0.05, 0.1) is 18.5 Å². The second kappa shape index (κ2) is 10.5. The summed E-state index contributed by atoms with van der Waals surface area (Å²) in [4.78, 5) is 27.2. The molecule has 1 N–H and O–H groups in total. The van der Waals surface area contributed by atoms with Crippen molar-refractivity contribution in [3.63, 3.8) is 0 Å². The van der Waals surface area contributed by atoms with E-state index in [4.69, 9.17) is 4.74 Å². The molecular formula is C29H30N2O4. The van der Waals surface area contributed by atoms with Gasteiger partial charge in [0.25, 0.3) is 5.91 Å². The predicted molar refractivity (Wildman–Crippen MR) is 139 cm³/mol. The highest BCUT2D eigenvalue weighted by Gasteiger charge is 2.22. The molecule has 0 saturated heterocycles. The number of carboxylic acid groups (broad SMARTS) is 1. The zero-order chi connectivity index (χ0) is 24.9. The molecule has 180 valence electrons. The minimum atomic E-state index is -0.920. The van der Waals surface area contributed by atoms with Crippen LogP contribution in [0.3, 0.4) is 0 Å². The number of anilines is 1. The van der Waals surface area contributed by atoms with E-state index in [1.807, 2.05) is 61.5 Å². The van der Waals surface area contributed by atoms with Gasteiger partial charge in [-0.2, -0.15) is 0 Å². The fourth-order valence-corrected chi connectivity index (χ4v) is 4.46. The lowest BCUT2D eigenvalue weighted by molar-refractivity contribution is -0.136. The Morgan fingerprint density at radius 3 is 2.40 bits per heavy atom. The molecule has 0 aliphatic rings. The van der Waals surface area contributed by atoms with E-state index < -0.39 is 5.97 Å². The van der Waals surface area contributed by atoms with Gasteiger partial charge in [-0.05, 0) is 67.8 Å². The van der Waals surface area contributed by atoms with E-state index in [1.165, 1.54) is 5.69 Å². The molecule has 0 radical (unpaired) electrons. The van der Waals surface area contributed by atoms with Crippen LogP contribution in [0.2, 0.25) is 0 Å². The average Bonchev–Trinajstić information content (AvgIpc) is 3.12. The molecule has 0 saturated carbocycles. The normalized spacial score (nSPS) is 10.9. The second-order valence-electron chi connectivity index (χ2n) is 8.73. The van der Waals surface area contributed by atoms with Gasteiger partial charge in [-0.15, -0.1) is 0 Å². The summed E-state index contributed by atoms with van der Waals surface area (Å²) in [5.41, 5.74) is 4.58. The number of fused-ring (bicyclic) bond motifs is 1. The molecule has 0 aliphatic heterocycles. The number of nitrogens with zero attached hydrogens (tertiary/aromatic N) is 2. The molecule has 0 amide bonds. The molecule has 0 spiro atoms. The fourth-order valence-electron chi connectivity index (χ4n) is 4.46. The highest BCUT2D eigenvalue weighted by atomic mass is 16.5. The van der Waals surface area contributed by atoms with Crippen molar-refractivity contribution in [2.24, 2.45) is 0 Å². The summed E-state index contributed by atoms with van der Waals surface area (Å²) in [6, 6.07) is 23.1. The topological polar surface area (TPSA) is 71.8 Å². The van der Waals surface area contributed by atoms with E-state index in [0.717, 1.165) is 29.7 Å². The Morgan fingerprint density at radius 1 is 0.971 bits per heavy atom. The van der Waals surface area contributed by atoms with Gasteiger partial charge in [0.2, 0.25) is 0 Å². The second-order valence-corrected chi connectivity index (χ2v) is 8.73. The smallest absolute Gasteiger partial charge is 0.307 e. The molecule has 3 aromatic carbocycles. The van der Waals surface area contributed by atoms with Crippen molar-refractivity contribution in [3.05, 3.63) is 95.2 Å². The number of carbonyl (C=O) groups is 2. The Bertz CT molecular complexity index is 1360. The lowest BCUT2D eigenvalue weighted by Gasteiger charge is -2.19. The molecule has 1 heterocycles. The van der Waals surface area contributed by atoms with E-state index >= 15 is 0 Å². The van der Waals surface area contributed by atoms with Crippen molar-refractivity contribution in [2.75, 3.05) is 25.1 Å². The van der Waals surface area contributed by atoms with Crippen LogP contribution in [-0.2, 0) is 11.2 Å². The zero-order valence-corrected chi connectivity index (χ0v) is 20.3. The van der Waals surface area contributed by atoms with Gasteiger partial charge >= 0.3 is 5.97 Å². The first-order chi connectivity index (χ1) is 16.9. The fraction of sp³-hybridized carbons (Fsp3) is 0.241. The standard InChI is InChI=1S/C29H30N2O4/c1-20-18-23(35-17-9-16-30(3)22-10-5-4-6-11-22)14-15-24(20)29(34)31-21(2)26(19-28(32)33)25-12-7-8-13-27(25)31/h4-8,10-15,18H,9,16-17,19H2,1-3H3,(H,32,33). The lowest BCUT2D eigenvalue weighted by Crippen LogP contribution is -2.20. The third-order valence-corrected chi connectivity index (χ3v) is 6.31. The van der Waals surface area contributed by atoms with Crippen LogP contribution in [0.5, 0.6) is 5.75 Å². The highest BCUT2D eigenvalue weighted by molar-refractivity contribution is 6.05. The van der Waals surface area contributed by atoms with Gasteiger partial charge in [0.15, 0.2) is 0 Å². The van der Waals surface area contributed by atoms with Crippen molar-refractivity contribution < 1.29 is 19.4 Å². The molecule has 4 aromatic rings. The van der Waals surface area contributed by atoms with Gasteiger partial charge in [0.1, 0.15) is 5.75 Å². The Balaban J connectivity index is 1.47. The monoisotopic (exact) mass is 470 g/mol. The SMILES string of the molecule is Cc1cc(OCCCN(C)c2ccccc2)ccc1C(=O)n1c(C)c(CC(=O)O)c2ccccc21. The Morgan fingerprint density at radius 2 is 1.69 bits per heavy atom. The first kappa shape index (κ1) is 24.1. The molecule has 35 heavy (non-hydrogen) atoms. The maximum absolute atomic E-state index is 13.6. The summed E-state index contributed by atoms with van der Waals surface area (Å²) in [6.45, 7) is 5.14. The Labute approximate surface area is 205 Å². The number of aryl methyl sites for hydroxylation is 1. The molecule has 1 aromatic heterocycles. The summed E-state index contributed by atoms with van der Waals surface area (Å²) < 4.78 is 7.57. The van der Waals surface area contributed by atoms with Crippen LogP contribution >= 0.6 is 0 Å². The summed E-state index contributed by atoms with van der Waals surface area (Å²) in [7, 11) is 2.06. The number of carbonyl (C=O) groups excluding carboxylic acids is 1. The van der Waals surface area contributed by atoms with Crippen molar-refractivity contribution in [2.45, 2.75) is 26.7 Å². The number of aliphatic carboxylic acids is 1. The van der Waals surface area contributed by atoms with Gasteiger partial charge in [-0.1, -0.05) is 36.4 Å². The summed E-state index contributed by atoms with van der Waals surface area (Å²) in [5.74, 6) is -0.373. The number of hydrogen-bond acceptors (Lipinski definition) is 4. The van der Waals surface area contributed by atoms with Crippen molar-refractivity contribution in [1.29, 1.82) is 0 Å². The third kappa shape index (κ3) is 5.22. The number of carboxylic acids is 1. The van der Waals surface area contributed by atoms with E-state index in [1.54, 1.807) is 17.6 Å². The van der Waals surface area contributed by atoms with Gasteiger partial charge in [-0.25, -0.2) is 0 Å². The minimum Gasteiger partial charge on any atom is -0.494 e. The number of rotatable bonds is 9. The molecule has 4 rings (SSSR count). The van der Waals surface area contributed by atoms with Crippen LogP contribution in [-0.4, -0.2) is 41.7 Å². The number of hydrogen-bond donors (Lipinski definition) is 1. The maximum atomic E-state index is 13.6. The minimum absolute atomic E-state index is 0.127. The third-order valence-electron chi connectivity index (χ3n) is 6.31. The first-order valence-corrected chi connectivity index (χ1v) is 11.7. The zero-order valence-electron chi connectivity index (χ0n) is 20.3. The quantitative estimate of drug-likeness (QED) is 0.328. The molecule has 0 aliphatic carbocycles. The first-order valence-electron chi connectivity index (χ1n) is 11.7. The van der Waals surface area contributed by atoms with Crippen LogP contribution in [0, 0.1) is 13.8 Å². The van der Waals surface area contributed by atoms with Gasteiger partial charge in [-0.3, -0.25) is 14.2 Å². The van der Waals surface area contributed by atoms with Crippen molar-refractivity contribution in [1.82, 2.24) is 4.57 Å². The van der Waals surface area contributed by atoms with E-state index in [2.05, 4.69) is 24.1 Å². The van der Waals surface area contributed by atoms with Crippen LogP contribution < -0.4 is 9.64 Å². The molecule has 0 bridgehead atoms. The number of ether oxygens (including phenoxy) is 1. The molecule has 0 fully saturated rings. The predicted octanol–water partition coefficient (Wildman–Crippen LogP) is 5.48. The summed E-state index contributed by atoms with van der Waals surface area (Å²) in [6.07, 6.45) is 0.740. The van der Waals surface area contributed by atoms with E-state index in [-0.39, 0.29) is 12.3 Å². The number of benzene rings is 3. The Kier molecular flexibility index (Phi) is 7.20. The van der Waals surface area contributed by atoms with Gasteiger partial charge in [0, 0.05) is 35.9 Å². The molecular weight excluding hydrogens is 440 g/mol. The van der Waals surface area contributed by atoms with Crippen LogP contribution in [0.1, 0.15) is 33.6 Å². The number of para-hydroxylation sites is 2. The van der Waals surface area contributed by atoms with Crippen LogP contribution in [0.15, 0.2) is 72.8 Å². The van der Waals surface area contributed by atoms with Crippen LogP contribution in [0.25, 0.3) is 10.9 Å². The highest BCUT2D eigenvalue weighted by Crippen LogP contribution is 2.28. The molecule has 0 atom stereocenters. The van der Waals surface area contributed by atoms with Gasteiger partial charge < -0.3 is 14.7 Å². The maximum Gasteiger partial charge on any atom is 0.307 e. The molecule has 6 heteroatoms.